The van der Waals surface area contributed by atoms with Crippen LogP contribution in [0.1, 0.15) is 5.56 Å². The number of carbonyl (C=O) groups excluding carboxylic acids is 2. The molecule has 236 valence electrons. The van der Waals surface area contributed by atoms with Crippen LogP contribution in [0.4, 0.5) is 0 Å². The standard InChI is InChI=1S/C27H32O16/c28-7-11-16(32)25(43-26(40)17(11)33)27(41)23(38)14(12(31)6-3-9-1-4-10(30)5-2-9)19(35)15(24(27)39)22-21(37)20(36)18(34)13(8-29)42-22/h1-6,11,13,16-18,20-22,25-26,28-37,40-41H,7-8H2/b6-3+,14-12?/t11-,13-,16-,17+,18-,20+,21-,22+,25+,26+,27-/m1/s1. The van der Waals surface area contributed by atoms with Gasteiger partial charge in [0.15, 0.2) is 6.29 Å². The number of Topliss-reactive ketones (excluding diaryl/α,β-unsaturated/α-hetero) is 2. The summed E-state index contributed by atoms with van der Waals surface area (Å²) in [5.41, 5.74) is -5.62. The van der Waals surface area contributed by atoms with Gasteiger partial charge >= 0.3 is 0 Å². The third kappa shape index (κ3) is 5.47. The first-order chi connectivity index (χ1) is 20.2. The number of hydrogen-bond donors (Lipinski definition) is 12. The van der Waals surface area contributed by atoms with Gasteiger partial charge in [-0.25, -0.2) is 0 Å². The Morgan fingerprint density at radius 3 is 2.02 bits per heavy atom. The number of aromatic hydroxyl groups is 1. The van der Waals surface area contributed by atoms with Crippen LogP contribution in [0.3, 0.4) is 0 Å². The number of phenols is 1. The van der Waals surface area contributed by atoms with Crippen LogP contribution >= 0.6 is 0 Å². The second-order valence-electron chi connectivity index (χ2n) is 10.4. The van der Waals surface area contributed by atoms with Crippen LogP contribution in [0.15, 0.2) is 53.0 Å². The Morgan fingerprint density at radius 2 is 1.44 bits per heavy atom. The highest BCUT2D eigenvalue weighted by Crippen LogP contribution is 2.42. The van der Waals surface area contributed by atoms with E-state index < -0.39 is 114 Å². The van der Waals surface area contributed by atoms with Crippen molar-refractivity contribution in [2.75, 3.05) is 13.2 Å². The molecule has 12 N–H and O–H groups in total. The number of hydrogen-bond acceptors (Lipinski definition) is 16. The number of ketones is 2. The summed E-state index contributed by atoms with van der Waals surface area (Å²) in [7, 11) is 0. The topological polar surface area (TPSA) is 295 Å². The number of aliphatic hydroxyl groups is 11. The summed E-state index contributed by atoms with van der Waals surface area (Å²) in [5.74, 6) is -7.79. The van der Waals surface area contributed by atoms with Crippen molar-refractivity contribution in [3.8, 4) is 5.75 Å². The van der Waals surface area contributed by atoms with Crippen LogP contribution in [0.2, 0.25) is 0 Å². The van der Waals surface area contributed by atoms with Crippen molar-refractivity contribution >= 4 is 17.6 Å². The normalized spacial score (nSPS) is 40.3. The SMILES string of the molecule is O=C1C(=C(O)/C=C/c2ccc(O)cc2)C(O)=C([C@@H]2O[C@H](CO)[C@@H](O)[C@H](O)[C@H]2O)C(=O)[C@@]1(O)[C@H]1O[C@H](O)[C@@H](O)[C@H](CO)[C@H]1O. The van der Waals surface area contributed by atoms with E-state index >= 15 is 0 Å². The van der Waals surface area contributed by atoms with Gasteiger partial charge in [-0.2, -0.15) is 0 Å². The molecule has 4 rings (SSSR count). The Balaban J connectivity index is 1.92. The van der Waals surface area contributed by atoms with E-state index in [0.717, 1.165) is 6.08 Å². The van der Waals surface area contributed by atoms with Gasteiger partial charge in [-0.3, -0.25) is 9.59 Å². The highest BCUT2D eigenvalue weighted by Gasteiger charge is 2.65. The van der Waals surface area contributed by atoms with Crippen molar-refractivity contribution in [2.24, 2.45) is 5.92 Å². The van der Waals surface area contributed by atoms with E-state index in [1.807, 2.05) is 0 Å². The summed E-state index contributed by atoms with van der Waals surface area (Å²) in [4.78, 5) is 27.6. The maximum atomic E-state index is 13.9. The highest BCUT2D eigenvalue weighted by atomic mass is 16.6. The number of ether oxygens (including phenoxy) is 2. The molecule has 16 heteroatoms. The number of carbonyl (C=O) groups is 2. The lowest BCUT2D eigenvalue weighted by Gasteiger charge is -2.48. The van der Waals surface area contributed by atoms with Gasteiger partial charge in [0.25, 0.3) is 0 Å². The summed E-state index contributed by atoms with van der Waals surface area (Å²) in [6, 6.07) is 5.38. The summed E-state index contributed by atoms with van der Waals surface area (Å²) in [6.45, 7) is -2.00. The Labute approximate surface area is 242 Å². The van der Waals surface area contributed by atoms with E-state index in [9.17, 15) is 70.9 Å². The number of allylic oxidation sites excluding steroid dienone is 2. The van der Waals surface area contributed by atoms with Crippen LogP contribution in [0.5, 0.6) is 5.75 Å². The van der Waals surface area contributed by atoms with Crippen molar-refractivity contribution < 1.29 is 80.3 Å². The molecule has 3 aliphatic rings. The Bertz CT molecular complexity index is 1320. The molecule has 0 saturated carbocycles. The van der Waals surface area contributed by atoms with Crippen LogP contribution < -0.4 is 0 Å². The van der Waals surface area contributed by atoms with Crippen molar-refractivity contribution in [3.63, 3.8) is 0 Å². The van der Waals surface area contributed by atoms with Gasteiger partial charge < -0.3 is 70.8 Å². The van der Waals surface area contributed by atoms with Gasteiger partial charge in [0.2, 0.25) is 17.2 Å². The first-order valence-corrected chi connectivity index (χ1v) is 13.0. The van der Waals surface area contributed by atoms with Crippen LogP contribution in [-0.2, 0) is 19.1 Å². The maximum absolute atomic E-state index is 13.9. The van der Waals surface area contributed by atoms with Crippen LogP contribution in [-0.4, -0.2) is 147 Å². The molecule has 0 aromatic heterocycles. The predicted octanol–water partition coefficient (Wildman–Crippen LogP) is -4.20. The summed E-state index contributed by atoms with van der Waals surface area (Å²) in [6.07, 6.45) is -16.9. The fraction of sp³-hybridized carbons (Fsp3) is 0.481. The van der Waals surface area contributed by atoms with E-state index in [4.69, 9.17) is 9.47 Å². The molecule has 0 spiro atoms. The molecule has 1 aromatic rings. The average molecular weight is 613 g/mol. The molecule has 43 heavy (non-hydrogen) atoms. The first-order valence-electron chi connectivity index (χ1n) is 13.0. The molecule has 2 heterocycles. The van der Waals surface area contributed by atoms with Gasteiger partial charge in [-0.1, -0.05) is 18.2 Å². The average Bonchev–Trinajstić information content (AvgIpc) is 2.98. The van der Waals surface area contributed by atoms with Crippen molar-refractivity contribution in [3.05, 3.63) is 58.6 Å². The third-order valence-corrected chi connectivity index (χ3v) is 7.80. The lowest BCUT2D eigenvalue weighted by molar-refractivity contribution is -0.296. The minimum atomic E-state index is -3.63. The van der Waals surface area contributed by atoms with E-state index in [-0.39, 0.29) is 5.75 Å². The fourth-order valence-corrected chi connectivity index (χ4v) is 5.30. The van der Waals surface area contributed by atoms with Gasteiger partial charge in [0.1, 0.15) is 65.6 Å². The van der Waals surface area contributed by atoms with Crippen LogP contribution in [0.25, 0.3) is 6.08 Å². The predicted molar refractivity (Wildman–Crippen MR) is 139 cm³/mol. The molecular weight excluding hydrogens is 580 g/mol. The molecule has 2 aliphatic heterocycles. The zero-order valence-electron chi connectivity index (χ0n) is 22.2. The summed E-state index contributed by atoms with van der Waals surface area (Å²) < 4.78 is 10.4. The largest absolute Gasteiger partial charge is 0.508 e. The van der Waals surface area contributed by atoms with Crippen molar-refractivity contribution in [2.45, 2.75) is 60.7 Å². The molecule has 1 aromatic carbocycles. The van der Waals surface area contributed by atoms with Gasteiger partial charge in [-0.15, -0.1) is 0 Å². The molecular formula is C27H32O16. The first kappa shape index (κ1) is 32.6. The second-order valence-corrected chi connectivity index (χ2v) is 10.4. The van der Waals surface area contributed by atoms with E-state index in [0.29, 0.717) is 5.56 Å². The number of aliphatic hydroxyl groups excluding tert-OH is 10. The lowest BCUT2D eigenvalue weighted by atomic mass is 9.68. The van der Waals surface area contributed by atoms with Gasteiger partial charge in [0.05, 0.1) is 24.9 Å². The third-order valence-electron chi connectivity index (χ3n) is 7.80. The molecule has 2 saturated heterocycles. The van der Waals surface area contributed by atoms with E-state index in [2.05, 4.69) is 0 Å². The molecule has 11 atom stereocenters. The quantitative estimate of drug-likeness (QED) is 0.0823. The molecule has 0 unspecified atom stereocenters. The van der Waals surface area contributed by atoms with Crippen molar-refractivity contribution in [1.29, 1.82) is 0 Å². The minimum Gasteiger partial charge on any atom is -0.508 e. The molecule has 0 bridgehead atoms. The fourth-order valence-electron chi connectivity index (χ4n) is 5.30. The minimum absolute atomic E-state index is 0.0879. The smallest absolute Gasteiger partial charge is 0.219 e. The zero-order chi connectivity index (χ0) is 32.0. The molecule has 0 amide bonds. The Morgan fingerprint density at radius 1 is 0.814 bits per heavy atom. The zero-order valence-corrected chi connectivity index (χ0v) is 22.2. The van der Waals surface area contributed by atoms with Crippen molar-refractivity contribution in [1.82, 2.24) is 0 Å². The number of phenolic OH excluding ortho intramolecular Hbond substituents is 1. The lowest BCUT2D eigenvalue weighted by Crippen LogP contribution is -2.70. The van der Waals surface area contributed by atoms with E-state index in [1.54, 1.807) is 0 Å². The van der Waals surface area contributed by atoms with Gasteiger partial charge in [-0.05, 0) is 23.8 Å². The highest BCUT2D eigenvalue weighted by molar-refractivity contribution is 6.28. The Hall–Kier alpha value is -3.26. The van der Waals surface area contributed by atoms with E-state index in [1.165, 1.54) is 30.3 Å². The number of rotatable bonds is 6. The maximum Gasteiger partial charge on any atom is 0.219 e. The van der Waals surface area contributed by atoms with Crippen LogP contribution in [0, 0.1) is 5.92 Å². The summed E-state index contributed by atoms with van der Waals surface area (Å²) in [5, 5.41) is 125. The second kappa shape index (κ2) is 12.4. The van der Waals surface area contributed by atoms with Gasteiger partial charge in [0, 0.05) is 5.92 Å². The molecule has 0 radical (unpaired) electrons. The number of benzene rings is 1. The molecule has 1 aliphatic carbocycles. The summed E-state index contributed by atoms with van der Waals surface area (Å²) >= 11 is 0. The molecule has 2 fully saturated rings. The molecule has 16 nitrogen and oxygen atoms in total. The Kier molecular flexibility index (Phi) is 9.41. The monoisotopic (exact) mass is 612 g/mol.